The first kappa shape index (κ1) is 13.3. The van der Waals surface area contributed by atoms with E-state index >= 15 is 0 Å². The van der Waals surface area contributed by atoms with Crippen LogP contribution in [0.5, 0.6) is 5.75 Å². The van der Waals surface area contributed by atoms with E-state index in [4.69, 9.17) is 4.74 Å². The Labute approximate surface area is 129 Å². The fourth-order valence-corrected chi connectivity index (χ4v) is 3.47. The Balaban J connectivity index is 1.92. The maximum Gasteiger partial charge on any atom is 0.255 e. The van der Waals surface area contributed by atoms with Crippen LogP contribution in [0.3, 0.4) is 0 Å². The molecule has 22 heavy (non-hydrogen) atoms. The second-order valence-corrected chi connectivity index (χ2v) is 6.04. The van der Waals surface area contributed by atoms with Crippen molar-refractivity contribution in [1.29, 1.82) is 0 Å². The molecule has 0 N–H and O–H groups in total. The van der Waals surface area contributed by atoms with Gasteiger partial charge in [0.05, 0.1) is 11.9 Å². The Morgan fingerprint density at radius 1 is 1.14 bits per heavy atom. The molecule has 0 saturated heterocycles. The molecule has 4 nitrogen and oxygen atoms in total. The van der Waals surface area contributed by atoms with Gasteiger partial charge in [-0.1, -0.05) is 12.5 Å². The van der Waals surface area contributed by atoms with Gasteiger partial charge in [0.1, 0.15) is 11.4 Å². The molecule has 4 heteroatoms. The van der Waals surface area contributed by atoms with Gasteiger partial charge in [0.25, 0.3) is 5.56 Å². The molecule has 1 aliphatic heterocycles. The molecular formula is C18H18N2O2. The predicted octanol–water partition coefficient (Wildman–Crippen LogP) is 3.23. The molecule has 0 aromatic carbocycles. The Morgan fingerprint density at radius 2 is 2.00 bits per heavy atom. The number of aromatic nitrogens is 2. The van der Waals surface area contributed by atoms with E-state index in [1.807, 2.05) is 18.3 Å². The standard InChI is InChI=1S/C18H18N2O2/c21-17-6-2-5-11-20(17)15-12-18(8-3-1-4-9-18)22-16-13-19-10-7-14(15)16/h2,5-7,10-13H,1,3-4,8-9H2. The lowest BCUT2D eigenvalue weighted by Gasteiger charge is -2.39. The summed E-state index contributed by atoms with van der Waals surface area (Å²) in [6, 6.07) is 7.15. The smallest absolute Gasteiger partial charge is 0.255 e. The van der Waals surface area contributed by atoms with Crippen LogP contribution >= 0.6 is 0 Å². The fourth-order valence-electron chi connectivity index (χ4n) is 3.47. The van der Waals surface area contributed by atoms with Crippen LogP contribution in [0.25, 0.3) is 5.70 Å². The number of hydrogen-bond acceptors (Lipinski definition) is 3. The van der Waals surface area contributed by atoms with Gasteiger partial charge in [-0.2, -0.15) is 0 Å². The lowest BCUT2D eigenvalue weighted by molar-refractivity contribution is 0.0736. The predicted molar refractivity (Wildman–Crippen MR) is 84.8 cm³/mol. The highest BCUT2D eigenvalue weighted by atomic mass is 16.5. The average Bonchev–Trinajstić information content (AvgIpc) is 2.55. The van der Waals surface area contributed by atoms with Crippen LogP contribution in [0.1, 0.15) is 37.7 Å². The second-order valence-electron chi connectivity index (χ2n) is 6.04. The van der Waals surface area contributed by atoms with E-state index in [0.29, 0.717) is 0 Å². The molecule has 1 aliphatic carbocycles. The molecule has 3 heterocycles. The minimum atomic E-state index is -0.293. The highest BCUT2D eigenvalue weighted by Crippen LogP contribution is 2.42. The Bertz CT molecular complexity index is 785. The van der Waals surface area contributed by atoms with Crippen molar-refractivity contribution in [2.75, 3.05) is 0 Å². The van der Waals surface area contributed by atoms with Crippen molar-refractivity contribution in [2.24, 2.45) is 0 Å². The lowest BCUT2D eigenvalue weighted by Crippen LogP contribution is -2.39. The van der Waals surface area contributed by atoms with E-state index in [-0.39, 0.29) is 11.2 Å². The van der Waals surface area contributed by atoms with Crippen molar-refractivity contribution in [3.63, 3.8) is 0 Å². The quantitative estimate of drug-likeness (QED) is 0.811. The molecule has 112 valence electrons. The molecule has 0 bridgehead atoms. The van der Waals surface area contributed by atoms with Gasteiger partial charge in [0, 0.05) is 24.0 Å². The summed E-state index contributed by atoms with van der Waals surface area (Å²) in [6.07, 6.45) is 13.0. The average molecular weight is 294 g/mol. The molecule has 4 rings (SSSR count). The van der Waals surface area contributed by atoms with Crippen molar-refractivity contribution < 1.29 is 4.74 Å². The highest BCUT2D eigenvalue weighted by Gasteiger charge is 2.37. The number of ether oxygens (including phenoxy) is 1. The third kappa shape index (κ3) is 2.15. The molecule has 1 saturated carbocycles. The summed E-state index contributed by atoms with van der Waals surface area (Å²) in [5.74, 6) is 0.776. The number of rotatable bonds is 1. The van der Waals surface area contributed by atoms with E-state index in [1.54, 1.807) is 29.1 Å². The van der Waals surface area contributed by atoms with Crippen LogP contribution in [0.4, 0.5) is 0 Å². The summed E-state index contributed by atoms with van der Waals surface area (Å²) >= 11 is 0. The molecular weight excluding hydrogens is 276 g/mol. The molecule has 1 fully saturated rings. The third-order valence-corrected chi connectivity index (χ3v) is 4.56. The van der Waals surface area contributed by atoms with Crippen molar-refractivity contribution in [1.82, 2.24) is 9.55 Å². The summed E-state index contributed by atoms with van der Waals surface area (Å²) in [5, 5.41) is 0. The first-order valence-electron chi connectivity index (χ1n) is 7.82. The van der Waals surface area contributed by atoms with E-state index < -0.39 is 0 Å². The molecule has 2 aromatic heterocycles. The van der Waals surface area contributed by atoms with Crippen LogP contribution in [-0.4, -0.2) is 15.2 Å². The van der Waals surface area contributed by atoms with Crippen LogP contribution in [-0.2, 0) is 0 Å². The van der Waals surface area contributed by atoms with Gasteiger partial charge in [-0.15, -0.1) is 0 Å². The molecule has 0 unspecified atom stereocenters. The van der Waals surface area contributed by atoms with Gasteiger partial charge in [-0.3, -0.25) is 14.3 Å². The second kappa shape index (κ2) is 5.13. The summed E-state index contributed by atoms with van der Waals surface area (Å²) in [4.78, 5) is 16.5. The third-order valence-electron chi connectivity index (χ3n) is 4.56. The molecule has 0 amide bonds. The summed E-state index contributed by atoms with van der Waals surface area (Å²) in [7, 11) is 0. The largest absolute Gasteiger partial charge is 0.481 e. The Hall–Kier alpha value is -2.36. The van der Waals surface area contributed by atoms with Gasteiger partial charge in [0.15, 0.2) is 0 Å². The lowest BCUT2D eigenvalue weighted by atomic mass is 9.82. The zero-order valence-corrected chi connectivity index (χ0v) is 12.4. The van der Waals surface area contributed by atoms with Crippen molar-refractivity contribution in [2.45, 2.75) is 37.7 Å². The first-order chi connectivity index (χ1) is 10.8. The minimum absolute atomic E-state index is 0.0237. The maximum absolute atomic E-state index is 12.3. The number of fused-ring (bicyclic) bond motifs is 1. The van der Waals surface area contributed by atoms with Crippen LogP contribution < -0.4 is 10.3 Å². The van der Waals surface area contributed by atoms with E-state index in [9.17, 15) is 4.79 Å². The number of pyridine rings is 2. The number of hydrogen-bond donors (Lipinski definition) is 0. The van der Waals surface area contributed by atoms with E-state index in [2.05, 4.69) is 11.1 Å². The fraction of sp³-hybridized carbons (Fsp3) is 0.333. The van der Waals surface area contributed by atoms with Gasteiger partial charge in [-0.25, -0.2) is 0 Å². The van der Waals surface area contributed by atoms with Crippen LogP contribution in [0.2, 0.25) is 0 Å². The normalized spacial score (nSPS) is 19.2. The Kier molecular flexibility index (Phi) is 3.10. The van der Waals surface area contributed by atoms with E-state index in [1.165, 1.54) is 6.42 Å². The topological polar surface area (TPSA) is 44.1 Å². The monoisotopic (exact) mass is 294 g/mol. The molecule has 2 aromatic rings. The zero-order valence-electron chi connectivity index (χ0n) is 12.4. The molecule has 1 spiro atoms. The van der Waals surface area contributed by atoms with Crippen LogP contribution in [0, 0.1) is 0 Å². The van der Waals surface area contributed by atoms with E-state index in [0.717, 1.165) is 42.7 Å². The SMILES string of the molecule is O=c1ccccn1C1=CC2(CCCCC2)Oc2cnccc21. The first-order valence-corrected chi connectivity index (χ1v) is 7.82. The summed E-state index contributed by atoms with van der Waals surface area (Å²) in [6.45, 7) is 0. The van der Waals surface area contributed by atoms with Crippen LogP contribution in [0.15, 0.2) is 53.7 Å². The van der Waals surface area contributed by atoms with Gasteiger partial charge in [0.2, 0.25) is 0 Å². The maximum atomic E-state index is 12.3. The zero-order chi connectivity index (χ0) is 15.0. The van der Waals surface area contributed by atoms with Gasteiger partial charge < -0.3 is 4.74 Å². The summed E-state index contributed by atoms with van der Waals surface area (Å²) in [5.41, 5.74) is 1.53. The summed E-state index contributed by atoms with van der Waals surface area (Å²) < 4.78 is 8.00. The van der Waals surface area contributed by atoms with Gasteiger partial charge >= 0.3 is 0 Å². The van der Waals surface area contributed by atoms with Crippen molar-refractivity contribution in [3.8, 4) is 5.75 Å². The van der Waals surface area contributed by atoms with Gasteiger partial charge in [-0.05, 0) is 43.9 Å². The molecule has 0 radical (unpaired) electrons. The Morgan fingerprint density at radius 3 is 2.82 bits per heavy atom. The molecule has 2 aliphatic rings. The minimum Gasteiger partial charge on any atom is -0.481 e. The number of nitrogens with zero attached hydrogens (tertiary/aromatic N) is 2. The van der Waals surface area contributed by atoms with Crippen molar-refractivity contribution in [3.05, 3.63) is 64.8 Å². The molecule has 0 atom stereocenters. The highest BCUT2D eigenvalue weighted by molar-refractivity contribution is 5.73. The van der Waals surface area contributed by atoms with Crippen molar-refractivity contribution >= 4 is 5.70 Å².